The molecule has 0 aliphatic rings. The first kappa shape index (κ1) is 18.1. The van der Waals surface area contributed by atoms with Crippen molar-refractivity contribution in [1.82, 2.24) is 5.32 Å². The number of halogens is 1. The van der Waals surface area contributed by atoms with Crippen LogP contribution in [0.15, 0.2) is 48.5 Å². The molecule has 0 radical (unpaired) electrons. The zero-order valence-corrected chi connectivity index (χ0v) is 13.7. The van der Waals surface area contributed by atoms with Crippen LogP contribution in [0.5, 0.6) is 5.75 Å². The Kier molecular flexibility index (Phi) is 5.84. The molecule has 1 N–H and O–H groups in total. The van der Waals surface area contributed by atoms with E-state index in [9.17, 15) is 19.3 Å². The van der Waals surface area contributed by atoms with Crippen molar-refractivity contribution < 1.29 is 18.8 Å². The number of rotatable bonds is 6. The molecule has 0 unspecified atom stereocenters. The molecule has 0 aromatic heterocycles. The monoisotopic (exact) mass is 344 g/mol. The summed E-state index contributed by atoms with van der Waals surface area (Å²) in [6.07, 6.45) is 2.58. The van der Waals surface area contributed by atoms with Crippen molar-refractivity contribution in [3.8, 4) is 5.75 Å². The molecule has 7 heteroatoms. The van der Waals surface area contributed by atoms with Crippen LogP contribution in [0.25, 0.3) is 6.08 Å². The number of para-hydroxylation sites is 1. The molecule has 130 valence electrons. The van der Waals surface area contributed by atoms with E-state index in [-0.39, 0.29) is 11.4 Å². The molecule has 0 saturated heterocycles. The Labute approximate surface area is 144 Å². The van der Waals surface area contributed by atoms with Crippen LogP contribution in [0.1, 0.15) is 24.1 Å². The number of hydrogen-bond donors (Lipinski definition) is 1. The van der Waals surface area contributed by atoms with Crippen LogP contribution >= 0.6 is 0 Å². The lowest BCUT2D eigenvalue weighted by Crippen LogP contribution is -2.24. The zero-order valence-electron chi connectivity index (χ0n) is 13.7. The number of benzene rings is 2. The van der Waals surface area contributed by atoms with Crippen LogP contribution in [0.3, 0.4) is 0 Å². The van der Waals surface area contributed by atoms with E-state index in [2.05, 4.69) is 5.32 Å². The summed E-state index contributed by atoms with van der Waals surface area (Å²) >= 11 is 0. The van der Waals surface area contributed by atoms with Crippen LogP contribution < -0.4 is 10.1 Å². The molecule has 0 saturated carbocycles. The fourth-order valence-electron chi connectivity index (χ4n) is 2.26. The van der Waals surface area contributed by atoms with Crippen molar-refractivity contribution in [3.05, 3.63) is 75.6 Å². The van der Waals surface area contributed by atoms with Crippen molar-refractivity contribution in [1.29, 1.82) is 0 Å². The lowest BCUT2D eigenvalue weighted by atomic mass is 10.1. The number of hydrogen-bond acceptors (Lipinski definition) is 4. The second-order valence-electron chi connectivity index (χ2n) is 5.27. The second kappa shape index (κ2) is 8.05. The third-order valence-electron chi connectivity index (χ3n) is 3.58. The highest BCUT2D eigenvalue weighted by Crippen LogP contribution is 2.22. The minimum atomic E-state index is -0.517. The first-order chi connectivity index (χ1) is 11.9. The van der Waals surface area contributed by atoms with Gasteiger partial charge in [0.1, 0.15) is 0 Å². The van der Waals surface area contributed by atoms with Gasteiger partial charge in [0.25, 0.3) is 5.69 Å². The maximum Gasteiger partial charge on any atom is 0.276 e. The molecule has 2 aromatic rings. The van der Waals surface area contributed by atoms with Gasteiger partial charge in [-0.05, 0) is 36.8 Å². The molecule has 0 bridgehead atoms. The summed E-state index contributed by atoms with van der Waals surface area (Å²) in [6, 6.07) is 10.1. The summed E-state index contributed by atoms with van der Waals surface area (Å²) in [4.78, 5) is 22.4. The normalized spacial score (nSPS) is 12.0. The highest BCUT2D eigenvalue weighted by atomic mass is 19.1. The SMILES string of the molecule is COc1ccc([C@H](C)NC(=O)/C=C/c2ccccc2[N+](=O)[O-])cc1F. The van der Waals surface area contributed by atoms with E-state index in [0.29, 0.717) is 11.1 Å². The molecule has 25 heavy (non-hydrogen) atoms. The van der Waals surface area contributed by atoms with E-state index in [1.54, 1.807) is 31.2 Å². The van der Waals surface area contributed by atoms with Gasteiger partial charge in [0, 0.05) is 12.1 Å². The van der Waals surface area contributed by atoms with Gasteiger partial charge in [0.15, 0.2) is 11.6 Å². The number of amides is 1. The molecule has 2 aromatic carbocycles. The third kappa shape index (κ3) is 4.63. The third-order valence-corrected chi connectivity index (χ3v) is 3.58. The Bertz CT molecular complexity index is 820. The fraction of sp³-hybridized carbons (Fsp3) is 0.167. The highest BCUT2D eigenvalue weighted by molar-refractivity contribution is 5.92. The molecule has 0 aliphatic carbocycles. The Balaban J connectivity index is 2.07. The van der Waals surface area contributed by atoms with Crippen molar-refractivity contribution in [2.75, 3.05) is 7.11 Å². The number of nitrogens with zero attached hydrogens (tertiary/aromatic N) is 1. The Morgan fingerprint density at radius 1 is 1.32 bits per heavy atom. The molecule has 0 heterocycles. The lowest BCUT2D eigenvalue weighted by molar-refractivity contribution is -0.385. The topological polar surface area (TPSA) is 81.5 Å². The Hall–Kier alpha value is -3.22. The van der Waals surface area contributed by atoms with Gasteiger partial charge in [-0.25, -0.2) is 4.39 Å². The first-order valence-corrected chi connectivity index (χ1v) is 7.48. The number of carbonyl (C=O) groups excluding carboxylic acids is 1. The van der Waals surface area contributed by atoms with Crippen LogP contribution in [0.2, 0.25) is 0 Å². The molecule has 6 nitrogen and oxygen atoms in total. The first-order valence-electron chi connectivity index (χ1n) is 7.48. The Morgan fingerprint density at radius 2 is 2.04 bits per heavy atom. The standard InChI is InChI=1S/C18H17FN2O4/c1-12(14-7-9-17(25-2)15(19)11-14)20-18(22)10-8-13-5-3-4-6-16(13)21(23)24/h3-12H,1-2H3,(H,20,22)/b10-8+/t12-/m0/s1. The molecule has 1 atom stereocenters. The summed E-state index contributed by atoms with van der Waals surface area (Å²) in [5, 5.41) is 13.6. The average molecular weight is 344 g/mol. The predicted molar refractivity (Wildman–Crippen MR) is 91.6 cm³/mol. The summed E-state index contributed by atoms with van der Waals surface area (Å²) in [7, 11) is 1.37. The molecule has 0 fully saturated rings. The van der Waals surface area contributed by atoms with Gasteiger partial charge in [-0.1, -0.05) is 18.2 Å². The highest BCUT2D eigenvalue weighted by Gasteiger charge is 2.12. The predicted octanol–water partition coefficient (Wildman–Crippen LogP) is 3.63. The minimum Gasteiger partial charge on any atom is -0.494 e. The molecule has 0 aliphatic heterocycles. The van der Waals surface area contributed by atoms with Crippen LogP contribution in [-0.4, -0.2) is 17.9 Å². The summed E-state index contributed by atoms with van der Waals surface area (Å²) in [6.45, 7) is 1.71. The van der Waals surface area contributed by atoms with E-state index in [4.69, 9.17) is 4.74 Å². The molecular weight excluding hydrogens is 327 g/mol. The van der Waals surface area contributed by atoms with Gasteiger partial charge < -0.3 is 10.1 Å². The largest absolute Gasteiger partial charge is 0.494 e. The maximum absolute atomic E-state index is 13.7. The van der Waals surface area contributed by atoms with Gasteiger partial charge in [0.05, 0.1) is 23.6 Å². The van der Waals surface area contributed by atoms with Gasteiger partial charge in [-0.15, -0.1) is 0 Å². The van der Waals surface area contributed by atoms with Crippen molar-refractivity contribution in [3.63, 3.8) is 0 Å². The van der Waals surface area contributed by atoms with Crippen LogP contribution in [0, 0.1) is 15.9 Å². The van der Waals surface area contributed by atoms with Crippen molar-refractivity contribution in [2.24, 2.45) is 0 Å². The van der Waals surface area contributed by atoms with Crippen molar-refractivity contribution in [2.45, 2.75) is 13.0 Å². The van der Waals surface area contributed by atoms with Gasteiger partial charge in [0.2, 0.25) is 5.91 Å². The second-order valence-corrected chi connectivity index (χ2v) is 5.27. The maximum atomic E-state index is 13.7. The molecular formula is C18H17FN2O4. The van der Waals surface area contributed by atoms with Crippen molar-refractivity contribution >= 4 is 17.7 Å². The smallest absolute Gasteiger partial charge is 0.276 e. The van der Waals surface area contributed by atoms with E-state index in [1.165, 1.54) is 37.5 Å². The number of carbonyl (C=O) groups is 1. The molecule has 1 amide bonds. The number of nitrogens with one attached hydrogen (secondary N) is 1. The Morgan fingerprint density at radius 3 is 2.68 bits per heavy atom. The number of methoxy groups -OCH3 is 1. The number of ether oxygens (including phenoxy) is 1. The van der Waals surface area contributed by atoms with Gasteiger partial charge in [-0.3, -0.25) is 14.9 Å². The number of nitro benzene ring substituents is 1. The van der Waals surface area contributed by atoms with E-state index in [0.717, 1.165) is 0 Å². The average Bonchev–Trinajstić information content (AvgIpc) is 2.60. The van der Waals surface area contributed by atoms with E-state index in [1.807, 2.05) is 0 Å². The summed E-state index contributed by atoms with van der Waals surface area (Å²) in [5.74, 6) is -0.836. The summed E-state index contributed by atoms with van der Waals surface area (Å²) < 4.78 is 18.6. The number of nitro groups is 1. The van der Waals surface area contributed by atoms with E-state index >= 15 is 0 Å². The minimum absolute atomic E-state index is 0.0863. The summed E-state index contributed by atoms with van der Waals surface area (Å²) in [5.41, 5.74) is 0.813. The lowest BCUT2D eigenvalue weighted by Gasteiger charge is -2.14. The zero-order chi connectivity index (χ0) is 18.4. The molecule has 2 rings (SSSR count). The van der Waals surface area contributed by atoms with E-state index < -0.39 is 22.7 Å². The van der Waals surface area contributed by atoms with Gasteiger partial charge >= 0.3 is 0 Å². The van der Waals surface area contributed by atoms with Gasteiger partial charge in [-0.2, -0.15) is 0 Å². The van der Waals surface area contributed by atoms with Crippen LogP contribution in [0.4, 0.5) is 10.1 Å². The fourth-order valence-corrected chi connectivity index (χ4v) is 2.26. The quantitative estimate of drug-likeness (QED) is 0.493. The molecule has 0 spiro atoms. The van der Waals surface area contributed by atoms with Crippen LogP contribution in [-0.2, 0) is 4.79 Å².